The van der Waals surface area contributed by atoms with Gasteiger partial charge in [0.1, 0.15) is 53.8 Å². The van der Waals surface area contributed by atoms with E-state index in [0.717, 1.165) is 0 Å². The van der Waals surface area contributed by atoms with Crippen molar-refractivity contribution in [1.82, 2.24) is 29.9 Å². The Hall–Kier alpha value is -14.2. The smallest absolute Gasteiger partial charge is 0.335 e. The average molecular weight is 1760 g/mol. The molecule has 0 bridgehead atoms. The van der Waals surface area contributed by atoms with Gasteiger partial charge in [-0.2, -0.15) is 87.7 Å². The van der Waals surface area contributed by atoms with Crippen LogP contribution >= 0.6 is 24.1 Å². The molecule has 2 heterocycles. The van der Waals surface area contributed by atoms with Gasteiger partial charge in [0.25, 0.3) is 20.2 Å². The number of carbonyl (C=O) groups is 5. The van der Waals surface area contributed by atoms with Gasteiger partial charge in [-0.1, -0.05) is 34.3 Å². The van der Waals surface area contributed by atoms with E-state index in [9.17, 15) is 75.4 Å². The lowest BCUT2D eigenvalue weighted by atomic mass is 10.1. The maximum absolute atomic E-state index is 13.4. The molecule has 10 aromatic rings. The van der Waals surface area contributed by atoms with Crippen molar-refractivity contribution in [3.05, 3.63) is 192 Å². The van der Waals surface area contributed by atoms with Crippen LogP contribution in [-0.2, 0) is 43.8 Å². The zero-order valence-corrected chi connectivity index (χ0v) is 65.9. The molecule has 0 saturated carbocycles. The Kier molecular flexibility index (Phi) is 32.9. The fraction of sp³-hybridized carbons (Fsp3) is 0.181. The fourth-order valence-electron chi connectivity index (χ4n) is 10.1. The highest BCUT2D eigenvalue weighted by Crippen LogP contribution is 2.39. The third-order valence-corrected chi connectivity index (χ3v) is 18.0. The number of carboxylic acid groups (broad SMARTS) is 5. The van der Waals surface area contributed by atoms with Gasteiger partial charge in [0.05, 0.1) is 115 Å². The van der Waals surface area contributed by atoms with Crippen LogP contribution in [0.3, 0.4) is 0 Å². The summed E-state index contributed by atoms with van der Waals surface area (Å²) >= 11 is 1.36. The molecule has 0 aliphatic heterocycles. The molecule has 0 saturated heterocycles. The first-order valence-electron chi connectivity index (χ1n) is 35.2. The number of nitrogens with zero attached hydrogens (tertiary/aromatic N) is 14. The molecule has 1 unspecified atom stereocenters. The summed E-state index contributed by atoms with van der Waals surface area (Å²) < 4.78 is 99.8. The van der Waals surface area contributed by atoms with Gasteiger partial charge in [-0.25, -0.2) is 34.5 Å². The van der Waals surface area contributed by atoms with Crippen molar-refractivity contribution in [3.8, 4) is 23.0 Å². The lowest BCUT2D eigenvalue weighted by Crippen LogP contribution is -2.30. The Bertz CT molecular complexity index is 5770. The Morgan fingerprint density at radius 1 is 0.369 bits per heavy atom. The quantitative estimate of drug-likeness (QED) is 0.00420. The highest BCUT2D eigenvalue weighted by Gasteiger charge is 2.23. The van der Waals surface area contributed by atoms with E-state index in [2.05, 4.69) is 121 Å². The molecule has 8 aromatic carbocycles. The molecule has 122 heavy (non-hydrogen) atoms. The maximum atomic E-state index is 13.4. The van der Waals surface area contributed by atoms with Crippen molar-refractivity contribution in [2.24, 2.45) is 40.9 Å². The van der Waals surface area contributed by atoms with E-state index in [1.807, 2.05) is 0 Å². The zero-order valence-electron chi connectivity index (χ0n) is 62.6. The van der Waals surface area contributed by atoms with Crippen molar-refractivity contribution >= 4 is 178 Å². The molecule has 636 valence electrons. The number of benzene rings is 8. The van der Waals surface area contributed by atoms with Crippen molar-refractivity contribution < 1.29 is 124 Å². The van der Waals surface area contributed by atoms with Crippen LogP contribution in [0.2, 0.25) is 0 Å². The second-order valence-corrected chi connectivity index (χ2v) is 29.1. The molecule has 0 aliphatic rings. The topological polar surface area (TPSA) is 658 Å². The summed E-state index contributed by atoms with van der Waals surface area (Å²) in [4.78, 5) is 87.5. The third kappa shape index (κ3) is 29.7. The number of azo groups is 4. The van der Waals surface area contributed by atoms with E-state index in [-0.39, 0.29) is 200 Å². The molecule has 1 atom stereocenters. The van der Waals surface area contributed by atoms with E-state index >= 15 is 0 Å². The molecular formula is C72H68N20O26S4. The third-order valence-electron chi connectivity index (χ3n) is 15.6. The molecule has 50 heteroatoms. The summed E-state index contributed by atoms with van der Waals surface area (Å²) in [5.41, 5.74) is 1.56. The van der Waals surface area contributed by atoms with Crippen molar-refractivity contribution in [2.45, 2.75) is 25.3 Å². The average Bonchev–Trinajstić information content (AvgIpc) is 0.820. The number of hydrogen-bond donors (Lipinski definition) is 15. The first-order valence-corrected chi connectivity index (χ1v) is 40.2. The molecule has 0 radical (unpaired) electrons. The number of anilines is 10. The Morgan fingerprint density at radius 2 is 0.656 bits per heavy atom. The summed E-state index contributed by atoms with van der Waals surface area (Å²) in [6, 6.07) is 38.4. The largest absolute Gasteiger partial charge is 0.490 e. The molecule has 15 N–H and O–H groups in total. The summed E-state index contributed by atoms with van der Waals surface area (Å²) in [6.07, 6.45) is 0.180. The van der Waals surface area contributed by atoms with Crippen molar-refractivity contribution in [3.63, 3.8) is 0 Å². The maximum Gasteiger partial charge on any atom is 0.335 e. The SMILES string of the molecule is O=C(O)c1cccc(N=Nc2ccc(Nc3nc(NCCCCC(Nc4nc(Nc5ccc(N=Nc6cccc(C(=O)O)c6)cc5OCCSOOO)nc(Nc5ccc(N=Nc6cccc(C(=O)O)c6)cc5OCCS(=O)(=O)O)n4)C(=O)O)nc(Nc4ccc(N=Nc5cccc(C(=O)O)c5)cc4OCCS(=O)(=O)O)n3)c(OCCSOOO)c2)c1. The van der Waals surface area contributed by atoms with Gasteiger partial charge >= 0.3 is 29.8 Å². The van der Waals surface area contributed by atoms with Crippen molar-refractivity contribution in [1.29, 1.82) is 0 Å². The van der Waals surface area contributed by atoms with Gasteiger partial charge in [0, 0.05) is 54.9 Å². The number of aromatic carboxylic acids is 4. The van der Waals surface area contributed by atoms with Crippen LogP contribution in [0, 0.1) is 0 Å². The zero-order chi connectivity index (χ0) is 87.0. The number of rotatable bonds is 49. The van der Waals surface area contributed by atoms with E-state index in [0.29, 0.717) is 24.1 Å². The minimum absolute atomic E-state index is 0.0239. The summed E-state index contributed by atoms with van der Waals surface area (Å²) in [7, 11) is -9.14. The summed E-state index contributed by atoms with van der Waals surface area (Å²) in [5.74, 6) is -9.29. The lowest BCUT2D eigenvalue weighted by Gasteiger charge is -2.18. The van der Waals surface area contributed by atoms with E-state index in [4.69, 9.17) is 29.5 Å². The highest BCUT2D eigenvalue weighted by molar-refractivity contribution is 7.94. The molecule has 0 spiro atoms. The van der Waals surface area contributed by atoms with Gasteiger partial charge < -0.3 is 76.4 Å². The molecule has 0 fully saturated rings. The van der Waals surface area contributed by atoms with Crippen molar-refractivity contribution in [2.75, 3.05) is 87.9 Å². The standard InChI is InChI=1S/C72H68N20O26S4/c93-62(94)41-7-3-11-45(33-41)85-89-49-16-20-53(58(37-49)111-25-29-119-117-115-103)74-68-79-67(80-69(81-68)75-55-22-18-51(39-60(55)113-27-31-121(105,106)107)91-87-47-13-5-9-43(35-47)64(97)98)73-24-2-1-15-57(66(101)102)78-72-83-70(76-54-21-17-50(38-59(54)112-26-30-120-118-116-104)90-86-46-12-4-8-42(34-46)63(95)96)82-71(84-72)77-56-23-19-52(40-61(56)114-28-32-122(108,109)110)92-88-48-14-6-10-44(36-48)65(99)100/h3-14,16-23,33-40,57,103-104H,1-2,15,24-32H2,(H,93,94)(H,95,96)(H,97,98)(H,99,100)(H,101,102)(H,105,106,107)(H,108,109,110)(H3,73,74,75,79,80,81)(H3,76,77,78,82,83,84). The monoisotopic (exact) mass is 1760 g/mol. The lowest BCUT2D eigenvalue weighted by molar-refractivity contribution is -0.432. The summed E-state index contributed by atoms with van der Waals surface area (Å²) in [5, 5.41) is 126. The van der Waals surface area contributed by atoms with Crippen LogP contribution in [0.1, 0.15) is 60.7 Å². The molecule has 10 rings (SSSR count). The minimum Gasteiger partial charge on any atom is -0.490 e. The number of carboxylic acids is 5. The highest BCUT2D eigenvalue weighted by atomic mass is 32.2. The van der Waals surface area contributed by atoms with E-state index in [1.54, 1.807) is 0 Å². The Morgan fingerprint density at radius 3 is 0.943 bits per heavy atom. The number of ether oxygens (including phenoxy) is 4. The normalized spacial score (nSPS) is 11.8. The minimum atomic E-state index is -4.58. The molecule has 0 aliphatic carbocycles. The number of aromatic nitrogens is 6. The van der Waals surface area contributed by atoms with Gasteiger partial charge in [-0.15, -0.1) is 8.67 Å². The second kappa shape index (κ2) is 44.6. The van der Waals surface area contributed by atoms with E-state index < -0.39 is 80.8 Å². The Balaban J connectivity index is 0.955. The number of unbranched alkanes of at least 4 members (excludes halogenated alkanes) is 1. The first-order chi connectivity index (χ1) is 58.7. The van der Waals surface area contributed by atoms with Crippen LogP contribution in [0.4, 0.5) is 104 Å². The van der Waals surface area contributed by atoms with Gasteiger partial charge in [-0.05, 0) is 141 Å². The molecular weight excluding hydrogens is 1690 g/mol. The number of aliphatic carboxylic acids is 1. The number of hydrogen-bond acceptors (Lipinski definition) is 41. The summed E-state index contributed by atoms with van der Waals surface area (Å²) in [6.45, 7) is -1.37. The molecule has 2 aromatic heterocycles. The second-order valence-electron chi connectivity index (χ2n) is 24.4. The van der Waals surface area contributed by atoms with Crippen LogP contribution in [0.5, 0.6) is 23.0 Å². The van der Waals surface area contributed by atoms with E-state index in [1.165, 1.54) is 170 Å². The Labute approximate surface area is 697 Å². The predicted molar refractivity (Wildman–Crippen MR) is 436 cm³/mol. The van der Waals surface area contributed by atoms with Gasteiger partial charge in [0.15, 0.2) is 0 Å². The predicted octanol–water partition coefficient (Wildman–Crippen LogP) is 15.1. The number of nitrogens with one attached hydrogen (secondary N) is 6. The molecule has 46 nitrogen and oxygen atoms in total. The van der Waals surface area contributed by atoms with Crippen LogP contribution < -0.4 is 50.8 Å². The molecule has 0 amide bonds. The fourth-order valence-corrected chi connectivity index (χ4v) is 11.2. The first kappa shape index (κ1) is 90.1. The van der Waals surface area contributed by atoms with Crippen LogP contribution in [0.15, 0.2) is 211 Å². The van der Waals surface area contributed by atoms with Crippen LogP contribution in [-0.4, -0.2) is 184 Å². The van der Waals surface area contributed by atoms with Crippen LogP contribution in [0.25, 0.3) is 0 Å². The van der Waals surface area contributed by atoms with Gasteiger partial charge in [0.2, 0.25) is 35.7 Å². The van der Waals surface area contributed by atoms with Gasteiger partial charge in [-0.3, -0.25) is 9.11 Å².